The fraction of sp³-hybridized carbons (Fsp3) is 0.227. The largest absolute Gasteiger partial charge is 0.370 e. The van der Waals surface area contributed by atoms with E-state index in [4.69, 9.17) is 0 Å². The highest BCUT2D eigenvalue weighted by atomic mass is 19.1. The van der Waals surface area contributed by atoms with Gasteiger partial charge in [-0.25, -0.2) is 9.37 Å². The van der Waals surface area contributed by atoms with Gasteiger partial charge in [-0.3, -0.25) is 4.99 Å². The maximum atomic E-state index is 13.5. The minimum Gasteiger partial charge on any atom is -0.370 e. The lowest BCUT2D eigenvalue weighted by molar-refractivity contribution is 0.461. The minimum absolute atomic E-state index is 0.250. The van der Waals surface area contributed by atoms with E-state index in [9.17, 15) is 4.39 Å². The molecule has 2 aromatic carbocycles. The van der Waals surface area contributed by atoms with Gasteiger partial charge in [-0.1, -0.05) is 24.3 Å². The third kappa shape index (κ3) is 5.28. The zero-order valence-corrected chi connectivity index (χ0v) is 16.1. The number of aliphatic imine (C=N–C) groups is 1. The Kier molecular flexibility index (Phi) is 5.95. The average Bonchev–Trinajstić information content (AvgIpc) is 3.25. The number of hydrogen-bond donors (Lipinski definition) is 2. The van der Waals surface area contributed by atoms with E-state index in [1.807, 2.05) is 42.7 Å². The average molecular weight is 390 g/mol. The second-order valence-corrected chi connectivity index (χ2v) is 6.82. The van der Waals surface area contributed by atoms with Crippen molar-refractivity contribution < 1.29 is 4.39 Å². The molecule has 0 amide bonds. The van der Waals surface area contributed by atoms with Crippen LogP contribution in [0, 0.1) is 5.82 Å². The normalized spacial score (nSPS) is 12.9. The first-order valence-electron chi connectivity index (χ1n) is 9.70. The van der Waals surface area contributed by atoms with Gasteiger partial charge in [-0.05, 0) is 47.9 Å². The van der Waals surface area contributed by atoms with Crippen molar-refractivity contribution in [3.63, 3.8) is 0 Å². The van der Waals surface area contributed by atoms with Crippen molar-refractivity contribution >= 4 is 23.8 Å². The Bertz CT molecular complexity index is 990. The molecule has 3 aromatic rings. The van der Waals surface area contributed by atoms with Gasteiger partial charge in [-0.15, -0.1) is 0 Å². The van der Waals surface area contributed by atoms with Crippen LogP contribution in [0.2, 0.25) is 0 Å². The van der Waals surface area contributed by atoms with Crippen molar-refractivity contribution in [2.45, 2.75) is 6.42 Å². The van der Waals surface area contributed by atoms with E-state index >= 15 is 0 Å². The molecule has 7 heteroatoms. The van der Waals surface area contributed by atoms with E-state index in [1.54, 1.807) is 12.3 Å². The SMILES string of the molecule is Fc1cccc(-c2cccc(Nc3nccc(NCCCN4C=NCC4)n3)c2)c1. The molecule has 0 radical (unpaired) electrons. The highest BCUT2D eigenvalue weighted by molar-refractivity contribution is 5.69. The van der Waals surface area contributed by atoms with Crippen LogP contribution >= 0.6 is 0 Å². The highest BCUT2D eigenvalue weighted by Crippen LogP contribution is 2.24. The van der Waals surface area contributed by atoms with Crippen LogP contribution in [0.1, 0.15) is 6.42 Å². The number of rotatable bonds is 8. The van der Waals surface area contributed by atoms with E-state index in [2.05, 4.69) is 30.5 Å². The van der Waals surface area contributed by atoms with Crippen LogP contribution in [0.5, 0.6) is 0 Å². The molecule has 0 saturated heterocycles. The molecular formula is C22H23FN6. The summed E-state index contributed by atoms with van der Waals surface area (Å²) in [5, 5.41) is 6.56. The summed E-state index contributed by atoms with van der Waals surface area (Å²) in [5.74, 6) is 1.04. The number of halogens is 1. The first kappa shape index (κ1) is 18.9. The van der Waals surface area contributed by atoms with Gasteiger partial charge >= 0.3 is 0 Å². The molecule has 0 fully saturated rings. The second kappa shape index (κ2) is 9.14. The highest BCUT2D eigenvalue weighted by Gasteiger charge is 2.05. The van der Waals surface area contributed by atoms with E-state index in [0.717, 1.165) is 55.2 Å². The molecule has 0 spiro atoms. The lowest BCUT2D eigenvalue weighted by Crippen LogP contribution is -2.22. The van der Waals surface area contributed by atoms with Crippen LogP contribution in [0.15, 0.2) is 65.8 Å². The van der Waals surface area contributed by atoms with Crippen molar-refractivity contribution in [3.05, 3.63) is 66.6 Å². The molecule has 4 rings (SSSR count). The van der Waals surface area contributed by atoms with Crippen LogP contribution in [0.3, 0.4) is 0 Å². The zero-order chi connectivity index (χ0) is 19.9. The number of aromatic nitrogens is 2. The van der Waals surface area contributed by atoms with Crippen molar-refractivity contribution in [1.82, 2.24) is 14.9 Å². The molecule has 1 aromatic heterocycles. The molecule has 2 heterocycles. The molecule has 2 N–H and O–H groups in total. The molecule has 0 saturated carbocycles. The van der Waals surface area contributed by atoms with Crippen LogP contribution in [-0.2, 0) is 0 Å². The lowest BCUT2D eigenvalue weighted by Gasteiger charge is -2.14. The van der Waals surface area contributed by atoms with Crippen molar-refractivity contribution in [3.8, 4) is 11.1 Å². The Labute approximate surface area is 169 Å². The van der Waals surface area contributed by atoms with E-state index in [1.165, 1.54) is 12.1 Å². The summed E-state index contributed by atoms with van der Waals surface area (Å²) in [5.41, 5.74) is 2.60. The Morgan fingerprint density at radius 3 is 2.72 bits per heavy atom. The monoisotopic (exact) mass is 390 g/mol. The third-order valence-corrected chi connectivity index (χ3v) is 4.62. The molecule has 0 bridgehead atoms. The predicted octanol–water partition coefficient (Wildman–Crippen LogP) is 4.17. The summed E-state index contributed by atoms with van der Waals surface area (Å²) >= 11 is 0. The van der Waals surface area contributed by atoms with Crippen LogP contribution in [-0.4, -0.2) is 47.4 Å². The fourth-order valence-corrected chi connectivity index (χ4v) is 3.18. The van der Waals surface area contributed by atoms with Gasteiger partial charge in [0.05, 0.1) is 12.9 Å². The van der Waals surface area contributed by atoms with Crippen molar-refractivity contribution in [2.75, 3.05) is 36.8 Å². The lowest BCUT2D eigenvalue weighted by atomic mass is 10.1. The Morgan fingerprint density at radius 1 is 1.03 bits per heavy atom. The van der Waals surface area contributed by atoms with Crippen molar-refractivity contribution in [2.24, 2.45) is 4.99 Å². The number of benzene rings is 2. The number of nitrogens with one attached hydrogen (secondary N) is 2. The van der Waals surface area contributed by atoms with Gasteiger partial charge in [0.2, 0.25) is 5.95 Å². The summed E-state index contributed by atoms with van der Waals surface area (Å²) in [6.07, 6.45) is 4.65. The second-order valence-electron chi connectivity index (χ2n) is 6.82. The first-order chi connectivity index (χ1) is 14.3. The maximum absolute atomic E-state index is 13.5. The van der Waals surface area contributed by atoms with Gasteiger partial charge < -0.3 is 15.5 Å². The molecular weight excluding hydrogens is 367 g/mol. The van der Waals surface area contributed by atoms with Crippen molar-refractivity contribution in [1.29, 1.82) is 0 Å². The molecule has 0 aliphatic carbocycles. The minimum atomic E-state index is -0.250. The molecule has 0 atom stereocenters. The molecule has 29 heavy (non-hydrogen) atoms. The summed E-state index contributed by atoms with van der Waals surface area (Å²) in [6, 6.07) is 16.2. The molecule has 0 unspecified atom stereocenters. The molecule has 1 aliphatic rings. The quantitative estimate of drug-likeness (QED) is 0.565. The molecule has 6 nitrogen and oxygen atoms in total. The van der Waals surface area contributed by atoms with Gasteiger partial charge in [-0.2, -0.15) is 4.98 Å². The number of hydrogen-bond acceptors (Lipinski definition) is 6. The van der Waals surface area contributed by atoms with E-state index in [0.29, 0.717) is 5.95 Å². The first-order valence-corrected chi connectivity index (χ1v) is 9.70. The van der Waals surface area contributed by atoms with Crippen LogP contribution < -0.4 is 10.6 Å². The molecule has 1 aliphatic heterocycles. The van der Waals surface area contributed by atoms with Gasteiger partial charge in [0.15, 0.2) is 0 Å². The summed E-state index contributed by atoms with van der Waals surface area (Å²) < 4.78 is 13.5. The predicted molar refractivity (Wildman–Crippen MR) is 115 cm³/mol. The Hall–Kier alpha value is -3.48. The van der Waals surface area contributed by atoms with Gasteiger partial charge in [0.25, 0.3) is 0 Å². The third-order valence-electron chi connectivity index (χ3n) is 4.62. The fourth-order valence-electron chi connectivity index (χ4n) is 3.18. The number of nitrogens with zero attached hydrogens (tertiary/aromatic N) is 4. The zero-order valence-electron chi connectivity index (χ0n) is 16.1. The van der Waals surface area contributed by atoms with E-state index < -0.39 is 0 Å². The number of anilines is 3. The standard InChI is InChI=1S/C22H23FN6/c23-19-6-1-4-17(14-19)18-5-2-7-20(15-18)27-22-26-10-8-21(28-22)25-9-3-12-29-13-11-24-16-29/h1-2,4-8,10,14-16H,3,9,11-13H2,(H2,25,26,27,28). The van der Waals surface area contributed by atoms with Gasteiger partial charge in [0.1, 0.15) is 11.6 Å². The van der Waals surface area contributed by atoms with E-state index in [-0.39, 0.29) is 5.82 Å². The van der Waals surface area contributed by atoms with Crippen LogP contribution in [0.4, 0.5) is 21.8 Å². The Morgan fingerprint density at radius 2 is 1.90 bits per heavy atom. The summed E-state index contributed by atoms with van der Waals surface area (Å²) in [7, 11) is 0. The topological polar surface area (TPSA) is 65.4 Å². The smallest absolute Gasteiger partial charge is 0.229 e. The Balaban J connectivity index is 1.36. The maximum Gasteiger partial charge on any atom is 0.229 e. The van der Waals surface area contributed by atoms with Crippen LogP contribution in [0.25, 0.3) is 11.1 Å². The van der Waals surface area contributed by atoms with Gasteiger partial charge in [0, 0.05) is 31.5 Å². The summed E-state index contributed by atoms with van der Waals surface area (Å²) in [4.78, 5) is 15.3. The molecule has 148 valence electrons. The summed E-state index contributed by atoms with van der Waals surface area (Å²) in [6.45, 7) is 3.72.